The molecule has 1 fully saturated rings. The van der Waals surface area contributed by atoms with E-state index in [2.05, 4.69) is 16.4 Å². The summed E-state index contributed by atoms with van der Waals surface area (Å²) in [7, 11) is 0. The zero-order valence-corrected chi connectivity index (χ0v) is 6.84. The van der Waals surface area contributed by atoms with E-state index >= 15 is 0 Å². The second-order valence-electron chi connectivity index (χ2n) is 2.62. The molecule has 1 unspecified atom stereocenters. The van der Waals surface area contributed by atoms with Crippen LogP contribution in [0, 0.1) is 12.3 Å². The van der Waals surface area contributed by atoms with Crippen molar-refractivity contribution in [3.8, 4) is 12.3 Å². The lowest BCUT2D eigenvalue weighted by Crippen LogP contribution is -2.48. The summed E-state index contributed by atoms with van der Waals surface area (Å²) in [5.41, 5.74) is 3.19. The Balaban J connectivity index is 2.20. The van der Waals surface area contributed by atoms with Crippen LogP contribution in [0.3, 0.4) is 0 Å². The van der Waals surface area contributed by atoms with Crippen LogP contribution in [0.5, 0.6) is 0 Å². The number of rotatable bonds is 2. The molecule has 3 heteroatoms. The van der Waals surface area contributed by atoms with Crippen LogP contribution < -0.4 is 5.43 Å². The van der Waals surface area contributed by atoms with Gasteiger partial charge in [0.2, 0.25) is 0 Å². The number of nitrogens with zero attached hydrogens (tertiary/aromatic N) is 1. The lowest BCUT2D eigenvalue weighted by atomic mass is 10.4. The molecular formula is C8H14N2O. The van der Waals surface area contributed by atoms with E-state index in [-0.39, 0.29) is 6.04 Å². The van der Waals surface area contributed by atoms with Crippen molar-refractivity contribution in [3.63, 3.8) is 0 Å². The van der Waals surface area contributed by atoms with Gasteiger partial charge in [-0.15, -0.1) is 6.42 Å². The minimum absolute atomic E-state index is 0.119. The van der Waals surface area contributed by atoms with Gasteiger partial charge in [0.15, 0.2) is 0 Å². The fourth-order valence-electron chi connectivity index (χ4n) is 1.00. The summed E-state index contributed by atoms with van der Waals surface area (Å²) in [4.78, 5) is 0. The molecule has 1 heterocycles. The topological polar surface area (TPSA) is 24.5 Å². The van der Waals surface area contributed by atoms with E-state index in [1.165, 1.54) is 0 Å². The van der Waals surface area contributed by atoms with Crippen molar-refractivity contribution in [2.24, 2.45) is 0 Å². The molecule has 0 aliphatic carbocycles. The Morgan fingerprint density at radius 3 is 2.73 bits per heavy atom. The number of hydrazine groups is 1. The highest BCUT2D eigenvalue weighted by atomic mass is 16.5. The lowest BCUT2D eigenvalue weighted by molar-refractivity contribution is 0.00903. The maximum Gasteiger partial charge on any atom is 0.0791 e. The molecule has 0 amide bonds. The van der Waals surface area contributed by atoms with Crippen molar-refractivity contribution in [2.75, 3.05) is 26.3 Å². The van der Waals surface area contributed by atoms with E-state index in [0.717, 1.165) is 26.3 Å². The molecule has 1 aliphatic heterocycles. The van der Waals surface area contributed by atoms with Gasteiger partial charge in [-0.3, -0.25) is 0 Å². The highest BCUT2D eigenvalue weighted by Gasteiger charge is 2.10. The number of hydrogen-bond donors (Lipinski definition) is 1. The maximum absolute atomic E-state index is 5.22. The van der Waals surface area contributed by atoms with Crippen LogP contribution in [0.2, 0.25) is 0 Å². The van der Waals surface area contributed by atoms with Gasteiger partial charge in [-0.05, 0) is 6.92 Å². The summed E-state index contributed by atoms with van der Waals surface area (Å²) >= 11 is 0. The summed E-state index contributed by atoms with van der Waals surface area (Å²) in [6, 6.07) is 0.119. The number of morpholine rings is 1. The lowest BCUT2D eigenvalue weighted by Gasteiger charge is -2.28. The molecule has 1 aliphatic rings. The van der Waals surface area contributed by atoms with E-state index in [4.69, 9.17) is 11.2 Å². The highest BCUT2D eigenvalue weighted by molar-refractivity contribution is 4.95. The predicted molar refractivity (Wildman–Crippen MR) is 43.8 cm³/mol. The Kier molecular flexibility index (Phi) is 3.37. The molecule has 0 spiro atoms. The van der Waals surface area contributed by atoms with Crippen LogP contribution in [0.1, 0.15) is 6.92 Å². The van der Waals surface area contributed by atoms with Crippen LogP contribution in [0.15, 0.2) is 0 Å². The Labute approximate surface area is 67.7 Å². The molecular weight excluding hydrogens is 140 g/mol. The Morgan fingerprint density at radius 2 is 2.18 bits per heavy atom. The van der Waals surface area contributed by atoms with Crippen molar-refractivity contribution in [1.29, 1.82) is 0 Å². The quantitative estimate of drug-likeness (QED) is 0.560. The third-order valence-corrected chi connectivity index (χ3v) is 1.64. The summed E-state index contributed by atoms with van der Waals surface area (Å²) in [5, 5.41) is 2.11. The smallest absolute Gasteiger partial charge is 0.0791 e. The van der Waals surface area contributed by atoms with E-state index in [0.29, 0.717) is 0 Å². The predicted octanol–water partition coefficient (Wildman–Crippen LogP) is -0.155. The van der Waals surface area contributed by atoms with Crippen molar-refractivity contribution in [2.45, 2.75) is 13.0 Å². The fraction of sp³-hybridized carbons (Fsp3) is 0.750. The van der Waals surface area contributed by atoms with Gasteiger partial charge in [-0.25, -0.2) is 10.4 Å². The molecule has 0 aromatic carbocycles. The standard InChI is InChI=1S/C8H14N2O/c1-3-8(2)9-10-4-6-11-7-5-10/h1,8-9H,4-7H2,2H3. The summed E-state index contributed by atoms with van der Waals surface area (Å²) in [5.74, 6) is 2.62. The molecule has 0 aromatic heterocycles. The second kappa shape index (κ2) is 4.35. The first kappa shape index (κ1) is 8.54. The van der Waals surface area contributed by atoms with Gasteiger partial charge >= 0.3 is 0 Å². The third kappa shape index (κ3) is 2.89. The van der Waals surface area contributed by atoms with E-state index in [1.54, 1.807) is 0 Å². The van der Waals surface area contributed by atoms with Gasteiger partial charge in [-0.2, -0.15) is 0 Å². The minimum Gasteiger partial charge on any atom is -0.379 e. The summed E-state index contributed by atoms with van der Waals surface area (Å²) in [6.07, 6.45) is 5.22. The largest absolute Gasteiger partial charge is 0.379 e. The molecule has 1 N–H and O–H groups in total. The van der Waals surface area contributed by atoms with Gasteiger partial charge in [-0.1, -0.05) is 5.92 Å². The Bertz CT molecular complexity index is 147. The van der Waals surface area contributed by atoms with Gasteiger partial charge in [0, 0.05) is 13.1 Å². The van der Waals surface area contributed by atoms with E-state index in [9.17, 15) is 0 Å². The highest BCUT2D eigenvalue weighted by Crippen LogP contribution is 1.93. The zero-order chi connectivity index (χ0) is 8.10. The molecule has 0 saturated carbocycles. The molecule has 1 rings (SSSR count). The second-order valence-corrected chi connectivity index (χ2v) is 2.62. The Morgan fingerprint density at radius 1 is 1.55 bits per heavy atom. The number of hydrogen-bond acceptors (Lipinski definition) is 3. The monoisotopic (exact) mass is 154 g/mol. The zero-order valence-electron chi connectivity index (χ0n) is 6.84. The van der Waals surface area contributed by atoms with Crippen LogP contribution >= 0.6 is 0 Å². The normalized spacial score (nSPS) is 22.5. The molecule has 0 radical (unpaired) electrons. The Hall–Kier alpha value is -0.560. The van der Waals surface area contributed by atoms with Crippen LogP contribution in [-0.4, -0.2) is 37.4 Å². The van der Waals surface area contributed by atoms with Crippen molar-refractivity contribution < 1.29 is 4.74 Å². The van der Waals surface area contributed by atoms with E-state index in [1.807, 2.05) is 6.92 Å². The number of ether oxygens (including phenoxy) is 1. The van der Waals surface area contributed by atoms with Crippen LogP contribution in [-0.2, 0) is 4.74 Å². The third-order valence-electron chi connectivity index (χ3n) is 1.64. The van der Waals surface area contributed by atoms with Gasteiger partial charge in [0.1, 0.15) is 0 Å². The fourth-order valence-corrected chi connectivity index (χ4v) is 1.00. The summed E-state index contributed by atoms with van der Waals surface area (Å²) < 4.78 is 5.18. The molecule has 1 saturated heterocycles. The van der Waals surface area contributed by atoms with E-state index < -0.39 is 0 Å². The summed E-state index contributed by atoms with van der Waals surface area (Å²) in [6.45, 7) is 5.40. The van der Waals surface area contributed by atoms with Crippen LogP contribution in [0.4, 0.5) is 0 Å². The van der Waals surface area contributed by atoms with Crippen molar-refractivity contribution in [1.82, 2.24) is 10.4 Å². The molecule has 3 nitrogen and oxygen atoms in total. The number of nitrogens with one attached hydrogen (secondary N) is 1. The molecule has 62 valence electrons. The minimum atomic E-state index is 0.119. The molecule has 1 atom stereocenters. The van der Waals surface area contributed by atoms with Crippen molar-refractivity contribution in [3.05, 3.63) is 0 Å². The molecule has 11 heavy (non-hydrogen) atoms. The first-order valence-corrected chi connectivity index (χ1v) is 3.88. The van der Waals surface area contributed by atoms with Gasteiger partial charge in [0.05, 0.1) is 19.3 Å². The van der Waals surface area contributed by atoms with Crippen LogP contribution in [0.25, 0.3) is 0 Å². The first-order chi connectivity index (χ1) is 5.33. The first-order valence-electron chi connectivity index (χ1n) is 3.88. The van der Waals surface area contributed by atoms with Crippen molar-refractivity contribution >= 4 is 0 Å². The van der Waals surface area contributed by atoms with Gasteiger partial charge in [0.25, 0.3) is 0 Å². The average Bonchev–Trinajstić information content (AvgIpc) is 2.06. The van der Waals surface area contributed by atoms with Gasteiger partial charge < -0.3 is 4.74 Å². The SMILES string of the molecule is C#CC(C)NN1CCOCC1. The molecule has 0 aromatic rings. The average molecular weight is 154 g/mol. The number of terminal acetylenes is 1. The molecule has 0 bridgehead atoms. The maximum atomic E-state index is 5.22.